The molecule has 4 aromatic rings. The maximum Gasteiger partial charge on any atom is 0.223 e. The molecule has 0 aliphatic heterocycles. The Kier molecular flexibility index (Phi) is 6.65. The number of fused-ring (bicyclic) bond motifs is 2. The number of para-hydroxylation sites is 2. The molecule has 0 radical (unpaired) electrons. The number of nitrogens with one attached hydrogen (secondary N) is 4. The van der Waals surface area contributed by atoms with Crippen LogP contribution in [0.4, 0.5) is 0 Å². The fraction of sp³-hybridized carbons (Fsp3) is 0.357. The molecule has 1 saturated carbocycles. The van der Waals surface area contributed by atoms with E-state index in [1.54, 1.807) is 0 Å². The SMILES string of the molecule is O=C(NCCc1c[nH]c2ccccc12)C1CCC(C(=O)NCCc2c[nH]c3ccccc23)CC1. The van der Waals surface area contributed by atoms with Crippen LogP contribution in [-0.2, 0) is 22.4 Å². The third-order valence-electron chi connectivity index (χ3n) is 7.21. The Balaban J connectivity index is 1.02. The summed E-state index contributed by atoms with van der Waals surface area (Å²) in [6.07, 6.45) is 8.78. The topological polar surface area (TPSA) is 89.8 Å². The third kappa shape index (κ3) is 4.86. The van der Waals surface area contributed by atoms with Crippen molar-refractivity contribution in [2.75, 3.05) is 13.1 Å². The van der Waals surface area contributed by atoms with Gasteiger partial charge in [-0.1, -0.05) is 36.4 Å². The Morgan fingerprint density at radius 1 is 0.676 bits per heavy atom. The molecule has 0 bridgehead atoms. The molecule has 1 aliphatic rings. The molecule has 2 aromatic heterocycles. The lowest BCUT2D eigenvalue weighted by molar-refractivity contribution is -0.130. The van der Waals surface area contributed by atoms with Gasteiger partial charge in [-0.25, -0.2) is 0 Å². The van der Waals surface area contributed by atoms with E-state index < -0.39 is 0 Å². The average Bonchev–Trinajstić information content (AvgIpc) is 3.48. The van der Waals surface area contributed by atoms with Crippen LogP contribution in [0.2, 0.25) is 0 Å². The summed E-state index contributed by atoms with van der Waals surface area (Å²) in [6, 6.07) is 16.5. The molecule has 0 atom stereocenters. The van der Waals surface area contributed by atoms with Crippen molar-refractivity contribution in [3.05, 3.63) is 72.1 Å². The minimum absolute atomic E-state index is 0.0123. The van der Waals surface area contributed by atoms with Crippen molar-refractivity contribution < 1.29 is 9.59 Å². The predicted molar refractivity (Wildman–Crippen MR) is 135 cm³/mol. The highest BCUT2D eigenvalue weighted by atomic mass is 16.2. The number of carbonyl (C=O) groups excluding carboxylic acids is 2. The highest BCUT2D eigenvalue weighted by Gasteiger charge is 2.29. The molecule has 1 aliphatic carbocycles. The molecule has 0 saturated heterocycles. The zero-order valence-corrected chi connectivity index (χ0v) is 19.4. The number of rotatable bonds is 8. The number of aromatic amines is 2. The summed E-state index contributed by atoms with van der Waals surface area (Å²) in [4.78, 5) is 31.9. The standard InChI is InChI=1S/C28H32N4O2/c33-27(29-15-13-21-17-31-25-7-3-1-5-23(21)25)19-9-11-20(12-10-19)28(34)30-16-14-22-18-32-26-8-4-2-6-24(22)26/h1-8,17-20,31-32H,9-16H2,(H,29,33)(H,30,34). The number of benzene rings is 2. The van der Waals surface area contributed by atoms with Crippen LogP contribution in [-0.4, -0.2) is 34.9 Å². The second-order valence-electron chi connectivity index (χ2n) is 9.35. The largest absolute Gasteiger partial charge is 0.361 e. The summed E-state index contributed by atoms with van der Waals surface area (Å²) in [6.45, 7) is 1.27. The first-order valence-corrected chi connectivity index (χ1v) is 12.3. The fourth-order valence-corrected chi connectivity index (χ4v) is 5.22. The molecule has 5 rings (SSSR count). The molecule has 4 N–H and O–H groups in total. The zero-order chi connectivity index (χ0) is 23.3. The maximum atomic E-state index is 12.7. The minimum atomic E-state index is 0.0123. The van der Waals surface area contributed by atoms with Gasteiger partial charge in [-0.3, -0.25) is 9.59 Å². The Bertz CT molecular complexity index is 1180. The molecule has 34 heavy (non-hydrogen) atoms. The van der Waals surface area contributed by atoms with E-state index in [0.29, 0.717) is 13.1 Å². The minimum Gasteiger partial charge on any atom is -0.361 e. The number of carbonyl (C=O) groups is 2. The van der Waals surface area contributed by atoms with E-state index in [0.717, 1.165) is 49.6 Å². The molecule has 0 spiro atoms. The summed E-state index contributed by atoms with van der Waals surface area (Å²) in [7, 11) is 0. The number of H-pyrrole nitrogens is 2. The summed E-state index contributed by atoms with van der Waals surface area (Å²) >= 11 is 0. The highest BCUT2D eigenvalue weighted by molar-refractivity contribution is 5.84. The lowest BCUT2D eigenvalue weighted by atomic mass is 9.81. The average molecular weight is 457 g/mol. The van der Waals surface area contributed by atoms with Crippen LogP contribution in [0.5, 0.6) is 0 Å². The van der Waals surface area contributed by atoms with Crippen molar-refractivity contribution in [2.45, 2.75) is 38.5 Å². The molecule has 6 nitrogen and oxygen atoms in total. The molecule has 176 valence electrons. The van der Waals surface area contributed by atoms with Crippen molar-refractivity contribution in [2.24, 2.45) is 11.8 Å². The molecule has 2 amide bonds. The third-order valence-corrected chi connectivity index (χ3v) is 7.21. The van der Waals surface area contributed by atoms with E-state index in [-0.39, 0.29) is 23.7 Å². The van der Waals surface area contributed by atoms with Gasteiger partial charge in [-0.15, -0.1) is 0 Å². The van der Waals surface area contributed by atoms with Crippen molar-refractivity contribution >= 4 is 33.6 Å². The van der Waals surface area contributed by atoms with E-state index in [1.807, 2.05) is 36.7 Å². The van der Waals surface area contributed by atoms with Gasteiger partial charge in [-0.05, 0) is 61.8 Å². The first kappa shape index (κ1) is 22.3. The lowest BCUT2D eigenvalue weighted by Crippen LogP contribution is -2.38. The van der Waals surface area contributed by atoms with Crippen molar-refractivity contribution in [1.82, 2.24) is 20.6 Å². The monoisotopic (exact) mass is 456 g/mol. The first-order chi connectivity index (χ1) is 16.7. The summed E-state index contributed by atoms with van der Waals surface area (Å²) < 4.78 is 0. The van der Waals surface area contributed by atoms with E-state index in [2.05, 4.69) is 44.9 Å². The summed E-state index contributed by atoms with van der Waals surface area (Å²) in [5, 5.41) is 8.65. The molecule has 1 fully saturated rings. The Morgan fingerprint density at radius 3 is 1.53 bits per heavy atom. The van der Waals surface area contributed by atoms with Crippen LogP contribution in [0.15, 0.2) is 60.9 Å². The van der Waals surface area contributed by atoms with Crippen LogP contribution < -0.4 is 10.6 Å². The number of amides is 2. The first-order valence-electron chi connectivity index (χ1n) is 12.3. The molecule has 0 unspecified atom stereocenters. The summed E-state index contributed by atoms with van der Waals surface area (Å²) in [5.74, 6) is 0.271. The van der Waals surface area contributed by atoms with Crippen LogP contribution >= 0.6 is 0 Å². The summed E-state index contributed by atoms with van der Waals surface area (Å²) in [5.41, 5.74) is 4.71. The smallest absolute Gasteiger partial charge is 0.223 e. The van der Waals surface area contributed by atoms with Gasteiger partial charge in [0.15, 0.2) is 0 Å². The van der Waals surface area contributed by atoms with E-state index >= 15 is 0 Å². The van der Waals surface area contributed by atoms with E-state index in [4.69, 9.17) is 0 Å². The van der Waals surface area contributed by atoms with Crippen molar-refractivity contribution in [3.8, 4) is 0 Å². The van der Waals surface area contributed by atoms with Gasteiger partial charge >= 0.3 is 0 Å². The van der Waals surface area contributed by atoms with Crippen LogP contribution in [0.3, 0.4) is 0 Å². The number of hydrogen-bond acceptors (Lipinski definition) is 2. The van der Waals surface area contributed by atoms with Crippen molar-refractivity contribution in [3.63, 3.8) is 0 Å². The second kappa shape index (κ2) is 10.2. The van der Waals surface area contributed by atoms with Crippen LogP contribution in [0.1, 0.15) is 36.8 Å². The lowest BCUT2D eigenvalue weighted by Gasteiger charge is -2.27. The molecule has 6 heteroatoms. The maximum absolute atomic E-state index is 12.7. The van der Waals surface area contributed by atoms with Gasteiger partial charge < -0.3 is 20.6 Å². The van der Waals surface area contributed by atoms with Gasteiger partial charge in [0.2, 0.25) is 11.8 Å². The van der Waals surface area contributed by atoms with E-state index in [9.17, 15) is 9.59 Å². The number of aromatic nitrogens is 2. The fourth-order valence-electron chi connectivity index (χ4n) is 5.22. The van der Waals surface area contributed by atoms with Gasteiger partial charge in [0.05, 0.1) is 0 Å². The van der Waals surface area contributed by atoms with Gasteiger partial charge in [0.1, 0.15) is 0 Å². The number of hydrogen-bond donors (Lipinski definition) is 4. The molecule has 2 aromatic carbocycles. The quantitative estimate of drug-likeness (QED) is 0.315. The Morgan fingerprint density at radius 2 is 1.09 bits per heavy atom. The second-order valence-corrected chi connectivity index (χ2v) is 9.35. The van der Waals surface area contributed by atoms with Crippen LogP contribution in [0.25, 0.3) is 21.8 Å². The van der Waals surface area contributed by atoms with Gasteiger partial charge in [0.25, 0.3) is 0 Å². The highest BCUT2D eigenvalue weighted by Crippen LogP contribution is 2.29. The Hall–Kier alpha value is -3.54. The molecular formula is C28H32N4O2. The zero-order valence-electron chi connectivity index (χ0n) is 19.4. The van der Waals surface area contributed by atoms with E-state index in [1.165, 1.54) is 21.9 Å². The van der Waals surface area contributed by atoms with Gasteiger partial charge in [0, 0.05) is 59.1 Å². The van der Waals surface area contributed by atoms with Crippen LogP contribution in [0, 0.1) is 11.8 Å². The molecular weight excluding hydrogens is 424 g/mol. The van der Waals surface area contributed by atoms with Crippen molar-refractivity contribution in [1.29, 1.82) is 0 Å². The Labute approximate surface area is 199 Å². The van der Waals surface area contributed by atoms with Gasteiger partial charge in [-0.2, -0.15) is 0 Å². The predicted octanol–water partition coefficient (Wildman–Crippen LogP) is 4.47. The molecule has 2 heterocycles. The normalized spacial score (nSPS) is 18.2.